The van der Waals surface area contributed by atoms with E-state index in [0.717, 1.165) is 25.7 Å². The molecule has 4 aliphatic heterocycles. The Kier molecular flexibility index (Phi) is 4.19. The quantitative estimate of drug-likeness (QED) is 0.559. The summed E-state index contributed by atoms with van der Waals surface area (Å²) in [6.45, 7) is 9.93. The van der Waals surface area contributed by atoms with E-state index in [1.165, 1.54) is 0 Å². The van der Waals surface area contributed by atoms with Crippen molar-refractivity contribution in [3.8, 4) is 0 Å². The zero-order valence-electron chi connectivity index (χ0n) is 15.8. The van der Waals surface area contributed by atoms with E-state index in [9.17, 15) is 4.79 Å². The second-order valence-electron chi connectivity index (χ2n) is 8.87. The van der Waals surface area contributed by atoms with E-state index in [0.29, 0.717) is 11.8 Å². The van der Waals surface area contributed by atoms with Crippen molar-refractivity contribution in [2.24, 2.45) is 29.6 Å². The van der Waals surface area contributed by atoms with Crippen molar-refractivity contribution in [3.05, 3.63) is 0 Å². The highest BCUT2D eigenvalue weighted by Crippen LogP contribution is 2.60. The highest BCUT2D eigenvalue weighted by Gasteiger charge is 2.69. The van der Waals surface area contributed by atoms with Gasteiger partial charge >= 0.3 is 5.97 Å². The summed E-state index contributed by atoms with van der Waals surface area (Å²) >= 11 is 0. The minimum Gasteiger partial charge on any atom is -0.435 e. The fourth-order valence-electron chi connectivity index (χ4n) is 5.26. The van der Waals surface area contributed by atoms with Gasteiger partial charge in [-0.15, -0.1) is 0 Å². The number of carbonyl (C=O) groups is 1. The topological polar surface area (TPSA) is 63.2 Å². The summed E-state index contributed by atoms with van der Waals surface area (Å²) < 4.78 is 18.1. The van der Waals surface area contributed by atoms with Crippen LogP contribution in [0, 0.1) is 29.6 Å². The van der Waals surface area contributed by atoms with Crippen LogP contribution in [-0.4, -0.2) is 29.9 Å². The van der Waals surface area contributed by atoms with E-state index < -0.39 is 24.0 Å². The van der Waals surface area contributed by atoms with Crippen LogP contribution in [0.4, 0.5) is 0 Å². The third-order valence-electron chi connectivity index (χ3n) is 6.80. The van der Waals surface area contributed by atoms with E-state index in [1.54, 1.807) is 0 Å². The van der Waals surface area contributed by atoms with Gasteiger partial charge in [0.2, 0.25) is 12.1 Å². The Labute approximate surface area is 149 Å². The van der Waals surface area contributed by atoms with Crippen molar-refractivity contribution in [2.75, 3.05) is 0 Å². The van der Waals surface area contributed by atoms with Crippen LogP contribution in [-0.2, 0) is 28.8 Å². The second kappa shape index (κ2) is 5.91. The van der Waals surface area contributed by atoms with Crippen LogP contribution >= 0.6 is 0 Å². The highest BCUT2D eigenvalue weighted by molar-refractivity contribution is 5.71. The first-order valence-electron chi connectivity index (χ1n) is 9.67. The molecule has 1 spiro atoms. The number of hydrogen-bond donors (Lipinski definition) is 0. The van der Waals surface area contributed by atoms with Gasteiger partial charge in [0.15, 0.2) is 11.9 Å². The molecule has 0 radical (unpaired) electrons. The molecule has 6 nitrogen and oxygen atoms in total. The third-order valence-corrected chi connectivity index (χ3v) is 6.80. The summed E-state index contributed by atoms with van der Waals surface area (Å²) in [7, 11) is 0. The van der Waals surface area contributed by atoms with Gasteiger partial charge in [-0.05, 0) is 38.0 Å². The van der Waals surface area contributed by atoms with Gasteiger partial charge in [-0.25, -0.2) is 9.78 Å². The van der Waals surface area contributed by atoms with Gasteiger partial charge in [0.05, 0.1) is 5.92 Å². The molecule has 2 bridgehead atoms. The van der Waals surface area contributed by atoms with E-state index in [1.807, 2.05) is 20.8 Å². The summed E-state index contributed by atoms with van der Waals surface area (Å²) in [5.74, 6) is -0.166. The first-order valence-corrected chi connectivity index (χ1v) is 9.67. The van der Waals surface area contributed by atoms with Crippen molar-refractivity contribution in [1.29, 1.82) is 0 Å². The maximum absolute atomic E-state index is 12.1. The SMILES string of the molecule is CC(C)C(=O)OC1O[C@@H]2O[C@@]3(C)CC[C@H]4[C@H](C)CCC([C@H]1C)[C@@]24OO3. The molecule has 4 saturated heterocycles. The monoisotopic (exact) mass is 354 g/mol. The average Bonchev–Trinajstić information content (AvgIpc) is 2.78. The number of esters is 1. The van der Waals surface area contributed by atoms with E-state index >= 15 is 0 Å². The highest BCUT2D eigenvalue weighted by atomic mass is 17.3. The van der Waals surface area contributed by atoms with Crippen LogP contribution < -0.4 is 0 Å². The molecular weight excluding hydrogens is 324 g/mol. The maximum atomic E-state index is 12.1. The lowest BCUT2D eigenvalue weighted by atomic mass is 9.58. The molecule has 0 aromatic heterocycles. The van der Waals surface area contributed by atoms with Crippen LogP contribution in [0.3, 0.4) is 0 Å². The molecule has 4 heterocycles. The second-order valence-corrected chi connectivity index (χ2v) is 8.87. The predicted molar refractivity (Wildman–Crippen MR) is 87.8 cm³/mol. The Morgan fingerprint density at radius 3 is 2.60 bits per heavy atom. The number of carbonyl (C=O) groups excluding carboxylic acids is 1. The van der Waals surface area contributed by atoms with Crippen molar-refractivity contribution in [2.45, 2.75) is 84.3 Å². The first-order chi connectivity index (χ1) is 11.8. The van der Waals surface area contributed by atoms with Crippen LogP contribution in [0.5, 0.6) is 0 Å². The Balaban J connectivity index is 1.68. The summed E-state index contributed by atoms with van der Waals surface area (Å²) in [4.78, 5) is 24.0. The molecule has 5 aliphatic rings. The number of hydrogen-bond acceptors (Lipinski definition) is 6. The summed E-state index contributed by atoms with van der Waals surface area (Å²) in [6.07, 6.45) is 2.75. The van der Waals surface area contributed by atoms with Crippen LogP contribution in [0.2, 0.25) is 0 Å². The normalized spacial score (nSPS) is 51.8. The largest absolute Gasteiger partial charge is 0.435 e. The van der Waals surface area contributed by atoms with Crippen LogP contribution in [0.1, 0.15) is 60.3 Å². The molecule has 0 N–H and O–H groups in total. The first kappa shape index (κ1) is 17.7. The summed E-state index contributed by atoms with van der Waals surface area (Å²) in [5, 5.41) is 0. The standard InChI is InChI=1S/C19H30O6/c1-10(2)15(20)21-16-12(4)14-7-6-11(3)13-8-9-18(5)23-17(22-16)19(13,14)25-24-18/h10-14,16-17H,6-9H2,1-5H3/t11-,12-,13+,14?,16?,17-,18-,19-/m1/s1. The summed E-state index contributed by atoms with van der Waals surface area (Å²) in [5.41, 5.74) is -0.603. The molecule has 8 atom stereocenters. The smallest absolute Gasteiger partial charge is 0.310 e. The molecule has 1 saturated carbocycles. The lowest BCUT2D eigenvalue weighted by Gasteiger charge is -2.59. The fourth-order valence-corrected chi connectivity index (χ4v) is 5.26. The Morgan fingerprint density at radius 2 is 1.88 bits per heavy atom. The molecule has 5 rings (SSSR count). The Hall–Kier alpha value is -0.690. The van der Waals surface area contributed by atoms with Gasteiger partial charge in [0, 0.05) is 18.3 Å². The zero-order valence-corrected chi connectivity index (χ0v) is 15.8. The van der Waals surface area contributed by atoms with Crippen molar-refractivity contribution >= 4 is 5.97 Å². The molecule has 0 aromatic rings. The van der Waals surface area contributed by atoms with Crippen LogP contribution in [0.15, 0.2) is 0 Å². The van der Waals surface area contributed by atoms with E-state index in [2.05, 4.69) is 13.8 Å². The molecule has 0 aromatic carbocycles. The van der Waals surface area contributed by atoms with Gasteiger partial charge < -0.3 is 14.2 Å². The van der Waals surface area contributed by atoms with Crippen molar-refractivity contribution in [1.82, 2.24) is 0 Å². The Morgan fingerprint density at radius 1 is 1.12 bits per heavy atom. The molecule has 2 unspecified atom stereocenters. The lowest BCUT2D eigenvalue weighted by molar-refractivity contribution is -0.576. The third kappa shape index (κ3) is 2.56. The molecule has 0 amide bonds. The minimum atomic E-state index is -0.801. The van der Waals surface area contributed by atoms with Gasteiger partial charge in [-0.3, -0.25) is 4.79 Å². The van der Waals surface area contributed by atoms with E-state index in [-0.39, 0.29) is 23.7 Å². The van der Waals surface area contributed by atoms with Crippen LogP contribution in [0.25, 0.3) is 0 Å². The molecule has 1 aliphatic carbocycles. The maximum Gasteiger partial charge on any atom is 0.310 e. The average molecular weight is 354 g/mol. The predicted octanol–water partition coefficient (Wildman–Crippen LogP) is 3.39. The number of fused-ring (bicyclic) bond motifs is 2. The number of ether oxygens (including phenoxy) is 3. The fraction of sp³-hybridized carbons (Fsp3) is 0.947. The molecule has 25 heavy (non-hydrogen) atoms. The number of rotatable bonds is 2. The Bertz CT molecular complexity index is 550. The van der Waals surface area contributed by atoms with Crippen molar-refractivity contribution in [3.63, 3.8) is 0 Å². The molecule has 5 fully saturated rings. The van der Waals surface area contributed by atoms with Crippen molar-refractivity contribution < 1.29 is 28.8 Å². The summed E-state index contributed by atoms with van der Waals surface area (Å²) in [6, 6.07) is 0. The zero-order chi connectivity index (χ0) is 18.0. The van der Waals surface area contributed by atoms with E-state index in [4.69, 9.17) is 24.0 Å². The lowest BCUT2D eigenvalue weighted by Crippen LogP contribution is -2.70. The minimum absolute atomic E-state index is 0.0311. The molecular formula is C19H30O6. The van der Waals surface area contributed by atoms with Gasteiger partial charge in [-0.2, -0.15) is 0 Å². The van der Waals surface area contributed by atoms with Gasteiger partial charge in [0.25, 0.3) is 0 Å². The van der Waals surface area contributed by atoms with Gasteiger partial charge in [-0.1, -0.05) is 27.7 Å². The molecule has 142 valence electrons. The molecule has 6 heteroatoms. The van der Waals surface area contributed by atoms with Gasteiger partial charge in [0.1, 0.15) is 0 Å².